The first-order chi connectivity index (χ1) is 13.2. The third-order valence-electron chi connectivity index (χ3n) is 3.52. The van der Waals surface area contributed by atoms with Crippen molar-refractivity contribution in [3.63, 3.8) is 0 Å². The lowest BCUT2D eigenvalue weighted by atomic mass is 10.2. The fourth-order valence-corrected chi connectivity index (χ4v) is 4.58. The van der Waals surface area contributed by atoms with Gasteiger partial charge in [-0.1, -0.05) is 23.5 Å². The molecule has 12 heteroatoms. The first-order valence-electron chi connectivity index (χ1n) is 7.70. The molecule has 1 heterocycles. The normalized spacial score (nSPS) is 11.4. The fraction of sp³-hybridized carbons (Fsp3) is 0.125. The van der Waals surface area contributed by atoms with Crippen molar-refractivity contribution in [3.05, 3.63) is 64.0 Å². The molecule has 0 bridgehead atoms. The molecule has 0 spiro atoms. The van der Waals surface area contributed by atoms with Gasteiger partial charge in [-0.05, 0) is 41.6 Å². The van der Waals surface area contributed by atoms with E-state index in [2.05, 4.69) is 15.5 Å². The monoisotopic (exact) mass is 440 g/mol. The highest BCUT2D eigenvalue weighted by atomic mass is 32.2. The average molecular weight is 441 g/mol. The molecule has 3 aromatic rings. The standard InChI is InChI=1S/C16H13FN4O4S3/c1-28(24,25)12-6-7-14(13(8-12)21(22)23)26-16-20-19-15(27-16)18-9-10-2-4-11(17)5-3-10/h2-8H,9H2,1H3,(H,18,19). The first-order valence-corrected chi connectivity index (χ1v) is 11.2. The van der Waals surface area contributed by atoms with Gasteiger partial charge in [-0.25, -0.2) is 12.8 Å². The van der Waals surface area contributed by atoms with Crippen LogP contribution in [0.15, 0.2) is 56.6 Å². The number of hydrogen-bond acceptors (Lipinski definition) is 9. The van der Waals surface area contributed by atoms with E-state index in [1.807, 2.05) is 0 Å². The number of aromatic nitrogens is 2. The van der Waals surface area contributed by atoms with Crippen molar-refractivity contribution in [2.45, 2.75) is 20.7 Å². The van der Waals surface area contributed by atoms with Crippen molar-refractivity contribution < 1.29 is 17.7 Å². The summed E-state index contributed by atoms with van der Waals surface area (Å²) >= 11 is 2.22. The van der Waals surface area contributed by atoms with Gasteiger partial charge in [0.1, 0.15) is 5.82 Å². The summed E-state index contributed by atoms with van der Waals surface area (Å²) in [6.45, 7) is 0.419. The number of sulfone groups is 1. The van der Waals surface area contributed by atoms with E-state index in [-0.39, 0.29) is 21.3 Å². The Morgan fingerprint density at radius 2 is 1.93 bits per heavy atom. The van der Waals surface area contributed by atoms with Crippen LogP contribution in [0.4, 0.5) is 15.2 Å². The summed E-state index contributed by atoms with van der Waals surface area (Å²) in [5, 5.41) is 22.8. The molecule has 0 radical (unpaired) electrons. The van der Waals surface area contributed by atoms with Crippen LogP contribution in [0.1, 0.15) is 5.56 Å². The molecule has 0 unspecified atom stereocenters. The van der Waals surface area contributed by atoms with Gasteiger partial charge >= 0.3 is 0 Å². The molecule has 0 aliphatic heterocycles. The van der Waals surface area contributed by atoms with E-state index in [0.29, 0.717) is 16.0 Å². The second-order valence-corrected chi connectivity index (χ2v) is 9.90. The minimum atomic E-state index is -3.55. The zero-order chi connectivity index (χ0) is 20.3. The molecule has 146 valence electrons. The maximum atomic E-state index is 12.9. The summed E-state index contributed by atoms with van der Waals surface area (Å²) in [6, 6.07) is 9.74. The van der Waals surface area contributed by atoms with Crippen LogP contribution in [0.3, 0.4) is 0 Å². The summed E-state index contributed by atoms with van der Waals surface area (Å²) < 4.78 is 36.6. The quantitative estimate of drug-likeness (QED) is 0.436. The number of nitro groups is 1. The molecule has 28 heavy (non-hydrogen) atoms. The van der Waals surface area contributed by atoms with Gasteiger partial charge in [0, 0.05) is 18.9 Å². The molecule has 1 aromatic heterocycles. The summed E-state index contributed by atoms with van der Waals surface area (Å²) in [7, 11) is -3.55. The summed E-state index contributed by atoms with van der Waals surface area (Å²) in [5.74, 6) is -0.318. The zero-order valence-electron chi connectivity index (χ0n) is 14.3. The van der Waals surface area contributed by atoms with Crippen molar-refractivity contribution >= 4 is 43.8 Å². The van der Waals surface area contributed by atoms with Crippen LogP contribution < -0.4 is 5.32 Å². The Morgan fingerprint density at radius 3 is 2.57 bits per heavy atom. The van der Waals surface area contributed by atoms with Crippen LogP contribution in [0.2, 0.25) is 0 Å². The van der Waals surface area contributed by atoms with Crippen LogP contribution in [-0.4, -0.2) is 29.8 Å². The van der Waals surface area contributed by atoms with Gasteiger partial charge in [0.15, 0.2) is 14.2 Å². The average Bonchev–Trinajstić information content (AvgIpc) is 3.08. The Labute approximate surface area is 167 Å². The van der Waals surface area contributed by atoms with E-state index < -0.39 is 14.8 Å². The number of hydrogen-bond donors (Lipinski definition) is 1. The van der Waals surface area contributed by atoms with Gasteiger partial charge in [0.2, 0.25) is 5.13 Å². The third-order valence-corrected chi connectivity index (χ3v) is 6.62. The Kier molecular flexibility index (Phi) is 5.91. The Bertz CT molecular complexity index is 1120. The number of rotatable bonds is 7. The lowest BCUT2D eigenvalue weighted by molar-refractivity contribution is -0.388. The van der Waals surface area contributed by atoms with Gasteiger partial charge in [0.25, 0.3) is 5.69 Å². The lowest BCUT2D eigenvalue weighted by Crippen LogP contribution is -1.99. The predicted octanol–water partition coefficient (Wildman–Crippen LogP) is 3.75. The molecule has 0 amide bonds. The summed E-state index contributed by atoms with van der Waals surface area (Å²) in [4.78, 5) is 10.8. The van der Waals surface area contributed by atoms with E-state index in [1.165, 1.54) is 35.6 Å². The molecule has 3 rings (SSSR count). The topological polar surface area (TPSA) is 115 Å². The van der Waals surface area contributed by atoms with Crippen LogP contribution in [0.25, 0.3) is 0 Å². The Balaban J connectivity index is 1.74. The highest BCUT2D eigenvalue weighted by molar-refractivity contribution is 8.01. The number of anilines is 1. The molecule has 0 aliphatic carbocycles. The second kappa shape index (κ2) is 8.20. The Hall–Kier alpha value is -2.57. The van der Waals surface area contributed by atoms with Gasteiger partial charge < -0.3 is 5.32 Å². The third kappa shape index (κ3) is 5.03. The smallest absolute Gasteiger partial charge is 0.284 e. The fourth-order valence-electron chi connectivity index (χ4n) is 2.15. The van der Waals surface area contributed by atoms with Crippen LogP contribution in [-0.2, 0) is 16.4 Å². The van der Waals surface area contributed by atoms with Gasteiger partial charge in [0.05, 0.1) is 14.7 Å². The molecule has 2 aromatic carbocycles. The zero-order valence-corrected chi connectivity index (χ0v) is 16.8. The van der Waals surface area contributed by atoms with Crippen molar-refractivity contribution in [2.24, 2.45) is 0 Å². The van der Waals surface area contributed by atoms with Crippen molar-refractivity contribution in [3.8, 4) is 0 Å². The van der Waals surface area contributed by atoms with E-state index in [9.17, 15) is 22.9 Å². The molecular formula is C16H13FN4O4S3. The van der Waals surface area contributed by atoms with Crippen molar-refractivity contribution in [1.29, 1.82) is 0 Å². The van der Waals surface area contributed by atoms with Gasteiger partial charge in [-0.15, -0.1) is 10.2 Å². The number of halogens is 1. The summed E-state index contributed by atoms with van der Waals surface area (Å²) in [5.41, 5.74) is 0.543. The van der Waals surface area contributed by atoms with E-state index >= 15 is 0 Å². The van der Waals surface area contributed by atoms with E-state index in [1.54, 1.807) is 12.1 Å². The number of nitrogens with zero attached hydrogens (tertiary/aromatic N) is 3. The maximum Gasteiger partial charge on any atom is 0.284 e. The molecule has 1 N–H and O–H groups in total. The van der Waals surface area contributed by atoms with E-state index in [4.69, 9.17) is 0 Å². The maximum absolute atomic E-state index is 12.9. The molecular weight excluding hydrogens is 427 g/mol. The number of benzene rings is 2. The molecule has 0 atom stereocenters. The first kappa shape index (κ1) is 20.2. The van der Waals surface area contributed by atoms with Gasteiger partial charge in [-0.3, -0.25) is 10.1 Å². The SMILES string of the molecule is CS(=O)(=O)c1ccc(Sc2nnc(NCc3ccc(F)cc3)s2)c([N+](=O)[O-])c1. The number of nitrogens with one attached hydrogen (secondary N) is 1. The minimum Gasteiger partial charge on any atom is -0.356 e. The lowest BCUT2D eigenvalue weighted by Gasteiger charge is -2.03. The molecule has 0 aliphatic rings. The highest BCUT2D eigenvalue weighted by Gasteiger charge is 2.20. The minimum absolute atomic E-state index is 0.123. The highest BCUT2D eigenvalue weighted by Crippen LogP contribution is 2.38. The van der Waals surface area contributed by atoms with Crippen LogP contribution in [0, 0.1) is 15.9 Å². The van der Waals surface area contributed by atoms with Crippen molar-refractivity contribution in [2.75, 3.05) is 11.6 Å². The number of nitro benzene ring substituents is 1. The van der Waals surface area contributed by atoms with Gasteiger partial charge in [-0.2, -0.15) is 0 Å². The Morgan fingerprint density at radius 1 is 1.21 bits per heavy atom. The van der Waals surface area contributed by atoms with E-state index in [0.717, 1.165) is 29.6 Å². The van der Waals surface area contributed by atoms with Crippen molar-refractivity contribution in [1.82, 2.24) is 10.2 Å². The molecule has 8 nitrogen and oxygen atoms in total. The van der Waals surface area contributed by atoms with Crippen LogP contribution in [0.5, 0.6) is 0 Å². The summed E-state index contributed by atoms with van der Waals surface area (Å²) in [6.07, 6.45) is 0.989. The largest absolute Gasteiger partial charge is 0.356 e. The molecule has 0 fully saturated rings. The second-order valence-electron chi connectivity index (χ2n) is 5.61. The van der Waals surface area contributed by atoms with Crippen LogP contribution >= 0.6 is 23.1 Å². The predicted molar refractivity (Wildman–Crippen MR) is 104 cm³/mol. The molecule has 0 saturated heterocycles. The molecule has 0 saturated carbocycles.